The highest BCUT2D eigenvalue weighted by Gasteiger charge is 2.34. The van der Waals surface area contributed by atoms with E-state index in [-0.39, 0.29) is 0 Å². The van der Waals surface area contributed by atoms with Crippen molar-refractivity contribution in [2.24, 2.45) is 5.92 Å². The van der Waals surface area contributed by atoms with Gasteiger partial charge in [0.25, 0.3) is 0 Å². The number of hydrogen-bond acceptors (Lipinski definition) is 2. The van der Waals surface area contributed by atoms with Crippen molar-refractivity contribution in [3.8, 4) is 0 Å². The molecule has 2 aromatic rings. The molecule has 2 heterocycles. The molecule has 1 unspecified atom stereocenters. The second kappa shape index (κ2) is 5.26. The molecule has 19 heavy (non-hydrogen) atoms. The predicted molar refractivity (Wildman–Crippen MR) is 85.0 cm³/mol. The van der Waals surface area contributed by atoms with Crippen molar-refractivity contribution in [3.05, 3.63) is 35.2 Å². The van der Waals surface area contributed by atoms with Crippen LogP contribution in [0.25, 0.3) is 10.1 Å². The second-order valence-electron chi connectivity index (χ2n) is 6.34. The number of hydrogen-bond donors (Lipinski definition) is 1. The van der Waals surface area contributed by atoms with Crippen LogP contribution in [0.5, 0.6) is 0 Å². The van der Waals surface area contributed by atoms with Gasteiger partial charge in [0.2, 0.25) is 0 Å². The summed E-state index contributed by atoms with van der Waals surface area (Å²) in [7, 11) is 0. The normalized spacial score (nSPS) is 23.5. The highest BCUT2D eigenvalue weighted by atomic mass is 32.1. The fourth-order valence-electron chi connectivity index (χ4n) is 3.58. The minimum atomic E-state index is 0.345. The molecule has 1 saturated heterocycles. The van der Waals surface area contributed by atoms with Crippen LogP contribution in [0.4, 0.5) is 0 Å². The molecule has 0 saturated carbocycles. The van der Waals surface area contributed by atoms with Crippen LogP contribution >= 0.6 is 11.3 Å². The van der Waals surface area contributed by atoms with E-state index in [1.165, 1.54) is 47.9 Å². The van der Waals surface area contributed by atoms with Gasteiger partial charge < -0.3 is 5.32 Å². The SMILES string of the molecule is CC(C)CC1(Cc2csc3ccccc23)CCCN1. The maximum Gasteiger partial charge on any atom is 0.0345 e. The van der Waals surface area contributed by atoms with Crippen LogP contribution in [0.1, 0.15) is 38.7 Å². The van der Waals surface area contributed by atoms with Crippen molar-refractivity contribution in [3.63, 3.8) is 0 Å². The van der Waals surface area contributed by atoms with E-state index in [1.807, 2.05) is 11.3 Å². The molecule has 1 nitrogen and oxygen atoms in total. The molecule has 0 radical (unpaired) electrons. The van der Waals surface area contributed by atoms with Crippen molar-refractivity contribution >= 4 is 21.4 Å². The molecule has 0 aliphatic carbocycles. The van der Waals surface area contributed by atoms with Crippen molar-refractivity contribution in [2.45, 2.75) is 45.1 Å². The molecule has 102 valence electrons. The summed E-state index contributed by atoms with van der Waals surface area (Å²) in [5.41, 5.74) is 1.88. The number of fused-ring (bicyclic) bond motifs is 1. The number of nitrogens with one attached hydrogen (secondary N) is 1. The fraction of sp³-hybridized carbons (Fsp3) is 0.529. The molecule has 1 N–H and O–H groups in total. The van der Waals surface area contributed by atoms with Gasteiger partial charge >= 0.3 is 0 Å². The number of rotatable bonds is 4. The van der Waals surface area contributed by atoms with Gasteiger partial charge in [-0.3, -0.25) is 0 Å². The first kappa shape index (κ1) is 13.1. The van der Waals surface area contributed by atoms with Crippen LogP contribution in [0, 0.1) is 5.92 Å². The van der Waals surface area contributed by atoms with E-state index in [2.05, 4.69) is 48.8 Å². The topological polar surface area (TPSA) is 12.0 Å². The zero-order chi connectivity index (χ0) is 13.3. The minimum absolute atomic E-state index is 0.345. The summed E-state index contributed by atoms with van der Waals surface area (Å²) in [6.07, 6.45) is 5.14. The van der Waals surface area contributed by atoms with E-state index in [1.54, 1.807) is 0 Å². The average Bonchev–Trinajstić information content (AvgIpc) is 2.98. The third-order valence-electron chi connectivity index (χ3n) is 4.22. The quantitative estimate of drug-likeness (QED) is 0.857. The molecule has 1 aliphatic heterocycles. The molecular formula is C17H23NS. The van der Waals surface area contributed by atoms with Crippen molar-refractivity contribution < 1.29 is 0 Å². The molecule has 1 aromatic carbocycles. The second-order valence-corrected chi connectivity index (χ2v) is 7.25. The van der Waals surface area contributed by atoms with E-state index in [4.69, 9.17) is 0 Å². The third-order valence-corrected chi connectivity index (χ3v) is 5.23. The lowest BCUT2D eigenvalue weighted by atomic mass is 9.82. The number of thiophene rings is 1. The first-order chi connectivity index (χ1) is 9.19. The molecule has 0 amide bonds. The molecule has 0 spiro atoms. The monoisotopic (exact) mass is 273 g/mol. The Morgan fingerprint density at radius 1 is 1.32 bits per heavy atom. The van der Waals surface area contributed by atoms with Gasteiger partial charge in [-0.25, -0.2) is 0 Å². The third kappa shape index (κ3) is 2.70. The molecule has 3 rings (SSSR count). The minimum Gasteiger partial charge on any atom is -0.311 e. The zero-order valence-corrected chi connectivity index (χ0v) is 12.7. The molecular weight excluding hydrogens is 250 g/mol. The van der Waals surface area contributed by atoms with Crippen LogP contribution in [-0.4, -0.2) is 12.1 Å². The standard InChI is InChI=1S/C17H23NS/c1-13(2)10-17(8-5-9-18-17)11-14-12-19-16-7-4-3-6-15(14)16/h3-4,6-7,12-13,18H,5,8-11H2,1-2H3. The Morgan fingerprint density at radius 3 is 2.89 bits per heavy atom. The molecule has 2 heteroatoms. The van der Waals surface area contributed by atoms with Gasteiger partial charge in [0, 0.05) is 10.2 Å². The highest BCUT2D eigenvalue weighted by molar-refractivity contribution is 7.17. The van der Waals surface area contributed by atoms with Crippen LogP contribution in [-0.2, 0) is 6.42 Å². The Balaban J connectivity index is 1.89. The Labute approximate surface area is 120 Å². The van der Waals surface area contributed by atoms with E-state index in [0.717, 1.165) is 5.92 Å². The Kier molecular flexibility index (Phi) is 3.64. The van der Waals surface area contributed by atoms with E-state index < -0.39 is 0 Å². The summed E-state index contributed by atoms with van der Waals surface area (Å²) in [6, 6.07) is 8.82. The summed E-state index contributed by atoms with van der Waals surface area (Å²) >= 11 is 1.89. The molecule has 1 atom stereocenters. The Bertz CT molecular complexity index is 549. The summed E-state index contributed by atoms with van der Waals surface area (Å²) in [4.78, 5) is 0. The summed E-state index contributed by atoms with van der Waals surface area (Å²) < 4.78 is 1.43. The van der Waals surface area contributed by atoms with E-state index >= 15 is 0 Å². The maximum atomic E-state index is 3.81. The summed E-state index contributed by atoms with van der Waals surface area (Å²) in [5, 5.41) is 7.64. The van der Waals surface area contributed by atoms with Crippen molar-refractivity contribution in [2.75, 3.05) is 6.54 Å². The molecule has 1 aromatic heterocycles. The first-order valence-electron chi connectivity index (χ1n) is 7.39. The van der Waals surface area contributed by atoms with Gasteiger partial charge in [-0.2, -0.15) is 0 Å². The lowest BCUT2D eigenvalue weighted by Gasteiger charge is -2.31. The molecule has 0 bridgehead atoms. The maximum absolute atomic E-state index is 3.81. The van der Waals surface area contributed by atoms with Crippen LogP contribution in [0.2, 0.25) is 0 Å². The Morgan fingerprint density at radius 2 is 2.16 bits per heavy atom. The van der Waals surface area contributed by atoms with Crippen molar-refractivity contribution in [1.29, 1.82) is 0 Å². The molecule has 1 aliphatic rings. The summed E-state index contributed by atoms with van der Waals surface area (Å²) in [6.45, 7) is 5.87. The van der Waals surface area contributed by atoms with Crippen molar-refractivity contribution in [1.82, 2.24) is 5.32 Å². The summed E-state index contributed by atoms with van der Waals surface area (Å²) in [5.74, 6) is 0.760. The highest BCUT2D eigenvalue weighted by Crippen LogP contribution is 2.34. The number of benzene rings is 1. The van der Waals surface area contributed by atoms with Crippen LogP contribution < -0.4 is 5.32 Å². The van der Waals surface area contributed by atoms with Gasteiger partial charge in [-0.05, 0) is 60.5 Å². The van der Waals surface area contributed by atoms with Crippen LogP contribution in [0.15, 0.2) is 29.6 Å². The van der Waals surface area contributed by atoms with Gasteiger partial charge in [-0.1, -0.05) is 32.0 Å². The van der Waals surface area contributed by atoms with E-state index in [0.29, 0.717) is 5.54 Å². The smallest absolute Gasteiger partial charge is 0.0345 e. The van der Waals surface area contributed by atoms with Gasteiger partial charge in [0.15, 0.2) is 0 Å². The van der Waals surface area contributed by atoms with Gasteiger partial charge in [0.05, 0.1) is 0 Å². The lowest BCUT2D eigenvalue weighted by molar-refractivity contribution is 0.302. The van der Waals surface area contributed by atoms with Crippen LogP contribution in [0.3, 0.4) is 0 Å². The molecule has 1 fully saturated rings. The van der Waals surface area contributed by atoms with E-state index in [9.17, 15) is 0 Å². The largest absolute Gasteiger partial charge is 0.311 e. The zero-order valence-electron chi connectivity index (χ0n) is 11.9. The average molecular weight is 273 g/mol. The Hall–Kier alpha value is -0.860. The fourth-order valence-corrected chi connectivity index (χ4v) is 4.54. The first-order valence-corrected chi connectivity index (χ1v) is 8.27. The van der Waals surface area contributed by atoms with Gasteiger partial charge in [0.1, 0.15) is 0 Å². The van der Waals surface area contributed by atoms with Gasteiger partial charge in [-0.15, -0.1) is 11.3 Å². The predicted octanol–water partition coefficient (Wildman–Crippen LogP) is 4.61. The lowest BCUT2D eigenvalue weighted by Crippen LogP contribution is -2.43.